The van der Waals surface area contributed by atoms with Gasteiger partial charge in [0, 0.05) is 0 Å². The van der Waals surface area contributed by atoms with Crippen molar-refractivity contribution in [1.29, 1.82) is 0 Å². The first kappa shape index (κ1) is 46.8. The maximum absolute atomic E-state index is 8.35. The van der Waals surface area contributed by atoms with Gasteiger partial charge >= 0.3 is 17.4 Å². The van der Waals surface area contributed by atoms with Crippen LogP contribution >= 0.6 is 26.1 Å². The Bertz CT molecular complexity index is 203. The van der Waals surface area contributed by atoms with E-state index in [-0.39, 0.29) is 17.4 Å². The van der Waals surface area contributed by atoms with Gasteiger partial charge in [-0.25, -0.2) is 0 Å². The van der Waals surface area contributed by atoms with Gasteiger partial charge in [-0.1, -0.05) is 101 Å². The van der Waals surface area contributed by atoms with Crippen molar-refractivity contribution in [3.63, 3.8) is 0 Å². The molecule has 28 heavy (non-hydrogen) atoms. The number of hydrogen-bond donors (Lipinski definition) is 0. The minimum atomic E-state index is -1.08. The molecule has 0 spiro atoms. The van der Waals surface area contributed by atoms with Gasteiger partial charge in [-0.3, -0.25) is 13.7 Å². The van der Waals surface area contributed by atoms with E-state index in [9.17, 15) is 0 Å². The average Bonchev–Trinajstić information content (AvgIpc) is 2.68. The van der Waals surface area contributed by atoms with E-state index in [2.05, 4.69) is 62.3 Å². The summed E-state index contributed by atoms with van der Waals surface area (Å²) in [5.41, 5.74) is 0. The minimum absolute atomic E-state index is 0. The van der Waals surface area contributed by atoms with Crippen molar-refractivity contribution in [3.05, 3.63) is 0 Å². The molecule has 0 aromatic heterocycles. The molecule has 0 aromatic rings. The fraction of sp³-hybridized carbons (Fsp3) is 1.00. The van der Waals surface area contributed by atoms with Crippen molar-refractivity contribution in [2.75, 3.05) is 0 Å². The van der Waals surface area contributed by atoms with Crippen LogP contribution in [0.3, 0.4) is 0 Å². The first-order valence-electron chi connectivity index (χ1n) is 9.52. The van der Waals surface area contributed by atoms with Gasteiger partial charge in [-0.15, -0.1) is 0 Å². The van der Waals surface area contributed by atoms with Crippen LogP contribution < -0.4 is 14.7 Å². The molecule has 0 fully saturated rings. The Morgan fingerprint density at radius 2 is 0.571 bits per heavy atom. The second-order valence-corrected chi connectivity index (χ2v) is 6.44. The van der Waals surface area contributed by atoms with Crippen molar-refractivity contribution in [3.8, 4) is 0 Å². The Morgan fingerprint density at radius 1 is 0.500 bits per heavy atom. The van der Waals surface area contributed by atoms with E-state index >= 15 is 0 Å². The molecule has 0 aliphatic carbocycles. The smallest absolute Gasteiger partial charge is 0.772 e. The Balaban J connectivity index is -0.0000000387. The molecule has 0 rings (SSSR count). The van der Waals surface area contributed by atoms with Crippen molar-refractivity contribution in [2.45, 2.75) is 101 Å². The van der Waals surface area contributed by atoms with Gasteiger partial charge in [0.15, 0.2) is 0 Å². The zero-order chi connectivity index (χ0) is 23.1. The molecule has 0 N–H and O–H groups in total. The van der Waals surface area contributed by atoms with Gasteiger partial charge < -0.3 is 14.7 Å². The SMILES string of the molecule is CCC(C)CC.CCC(C)CC.CCC(C)CC.O=P[O-].O=P[O-].O=P[O-].[Al+3]. The monoisotopic (exact) mass is 474 g/mol. The summed E-state index contributed by atoms with van der Waals surface area (Å²) in [6.45, 7) is 20.2. The quantitative estimate of drug-likeness (QED) is 0.365. The predicted octanol–water partition coefficient (Wildman–Crippen LogP) is 5.61. The van der Waals surface area contributed by atoms with Crippen LogP contribution in [0.15, 0.2) is 0 Å². The van der Waals surface area contributed by atoms with E-state index in [0.717, 1.165) is 17.8 Å². The summed E-state index contributed by atoms with van der Waals surface area (Å²) >= 11 is 0. The molecule has 0 aromatic carbocycles. The maximum Gasteiger partial charge on any atom is 3.00 e. The normalized spacial score (nSPS) is 8.68. The van der Waals surface area contributed by atoms with E-state index in [1.54, 1.807) is 0 Å². The third-order valence-corrected chi connectivity index (χ3v) is 4.18. The average molecular weight is 474 g/mol. The molecule has 6 nitrogen and oxygen atoms in total. The summed E-state index contributed by atoms with van der Waals surface area (Å²) in [6, 6.07) is 0. The Morgan fingerprint density at radius 3 is 0.571 bits per heavy atom. The van der Waals surface area contributed by atoms with Crippen LogP contribution in [0.1, 0.15) is 101 Å². The molecule has 0 amide bonds. The number of rotatable bonds is 6. The van der Waals surface area contributed by atoms with Crippen LogP contribution in [-0.4, -0.2) is 17.4 Å². The van der Waals surface area contributed by atoms with Gasteiger partial charge in [-0.2, -0.15) is 0 Å². The Hall–Kier alpha value is 0.712. The molecule has 0 bridgehead atoms. The summed E-state index contributed by atoms with van der Waals surface area (Å²) in [7, 11) is -3.25. The summed E-state index contributed by atoms with van der Waals surface area (Å²) in [5.74, 6) is 2.81. The molecule has 0 aliphatic heterocycles. The predicted molar refractivity (Wildman–Crippen MR) is 118 cm³/mol. The van der Waals surface area contributed by atoms with Gasteiger partial charge in [0.25, 0.3) is 0 Å². The zero-order valence-electron chi connectivity index (χ0n) is 19.3. The molecule has 168 valence electrons. The molecule has 0 saturated heterocycles. The van der Waals surface area contributed by atoms with Crippen LogP contribution in [0.5, 0.6) is 0 Å². The van der Waals surface area contributed by atoms with Crippen LogP contribution in [0.25, 0.3) is 0 Å². The second kappa shape index (κ2) is 56.5. The summed E-state index contributed by atoms with van der Waals surface area (Å²) < 4.78 is 25.0. The van der Waals surface area contributed by atoms with E-state index in [1.165, 1.54) is 38.5 Å². The molecule has 0 aliphatic rings. The van der Waals surface area contributed by atoms with Gasteiger partial charge in [0.05, 0.1) is 26.1 Å². The molecule has 0 unspecified atom stereocenters. The Labute approximate surface area is 190 Å². The summed E-state index contributed by atoms with van der Waals surface area (Å²) in [4.78, 5) is 25.0. The van der Waals surface area contributed by atoms with Crippen LogP contribution in [-0.2, 0) is 13.7 Å². The van der Waals surface area contributed by atoms with Gasteiger partial charge in [0.2, 0.25) is 0 Å². The molecule has 0 saturated carbocycles. The first-order valence-corrected chi connectivity index (χ1v) is 11.7. The fourth-order valence-electron chi connectivity index (χ4n) is 0.866. The zero-order valence-corrected chi connectivity index (χ0v) is 23.2. The van der Waals surface area contributed by atoms with E-state index in [4.69, 9.17) is 28.4 Å². The van der Waals surface area contributed by atoms with E-state index < -0.39 is 26.1 Å². The van der Waals surface area contributed by atoms with Crippen molar-refractivity contribution < 1.29 is 28.4 Å². The van der Waals surface area contributed by atoms with E-state index in [0.29, 0.717) is 0 Å². The largest absolute Gasteiger partial charge is 3.00 e. The minimum Gasteiger partial charge on any atom is -0.772 e. The molecule has 10 heteroatoms. The molecule has 0 heterocycles. The van der Waals surface area contributed by atoms with Crippen molar-refractivity contribution >= 4 is 43.4 Å². The van der Waals surface area contributed by atoms with Crippen LogP contribution in [0.4, 0.5) is 0 Å². The fourth-order valence-corrected chi connectivity index (χ4v) is 0.866. The van der Waals surface area contributed by atoms with Crippen molar-refractivity contribution in [2.24, 2.45) is 17.8 Å². The third kappa shape index (κ3) is 109. The summed E-state index contributed by atoms with van der Waals surface area (Å²) in [6.07, 6.45) is 7.98. The molecular weight excluding hydrogens is 432 g/mol. The maximum atomic E-state index is 8.35. The second-order valence-electron chi connectivity index (χ2n) is 5.99. The summed E-state index contributed by atoms with van der Waals surface area (Å²) in [5, 5.41) is 0. The van der Waals surface area contributed by atoms with Gasteiger partial charge in [0.1, 0.15) is 0 Å². The Kier molecular flexibility index (Phi) is 94.3. The standard InChI is InChI=1S/3C6H14.Al.3HO2P/c3*1-4-6(3)5-2;;3*1-3-2/h3*6H,4-5H2,1-3H3;;3*(H,1,2)/q;;;+3;;;/p-3. The van der Waals surface area contributed by atoms with Gasteiger partial charge in [-0.05, 0) is 17.8 Å². The third-order valence-electron chi connectivity index (χ3n) is 4.18. The molecule has 0 atom stereocenters. The first-order chi connectivity index (χ1) is 12.7. The van der Waals surface area contributed by atoms with Crippen LogP contribution in [0, 0.1) is 17.8 Å². The molecule has 0 radical (unpaired) electrons. The van der Waals surface area contributed by atoms with Crippen molar-refractivity contribution in [1.82, 2.24) is 0 Å². The van der Waals surface area contributed by atoms with Crippen LogP contribution in [0.2, 0.25) is 0 Å². The van der Waals surface area contributed by atoms with E-state index in [1.807, 2.05) is 0 Å². The topological polar surface area (TPSA) is 120 Å². The molecular formula is C18H42AlO6P3. The number of hydrogen-bond acceptors (Lipinski definition) is 6.